The predicted octanol–water partition coefficient (Wildman–Crippen LogP) is 3.59. The molecule has 0 unspecified atom stereocenters. The van der Waals surface area contributed by atoms with Gasteiger partial charge in [-0.05, 0) is 38.0 Å². The van der Waals surface area contributed by atoms with Crippen molar-refractivity contribution in [3.05, 3.63) is 50.9 Å². The molecule has 0 spiro atoms. The van der Waals surface area contributed by atoms with Crippen molar-refractivity contribution >= 4 is 45.7 Å². The second kappa shape index (κ2) is 10.3. The first kappa shape index (κ1) is 23.2. The Kier molecular flexibility index (Phi) is 7.69. The van der Waals surface area contributed by atoms with Gasteiger partial charge in [0.2, 0.25) is 5.91 Å². The van der Waals surface area contributed by atoms with Crippen LogP contribution in [0.25, 0.3) is 0 Å². The molecule has 9 heteroatoms. The van der Waals surface area contributed by atoms with Crippen molar-refractivity contribution in [2.75, 3.05) is 45.2 Å². The lowest BCUT2D eigenvalue weighted by molar-refractivity contribution is -0.117. The van der Waals surface area contributed by atoms with E-state index in [0.29, 0.717) is 47.3 Å². The van der Waals surface area contributed by atoms with E-state index >= 15 is 0 Å². The lowest BCUT2D eigenvalue weighted by Crippen LogP contribution is -2.38. The van der Waals surface area contributed by atoms with E-state index in [0.717, 1.165) is 16.9 Å². The molecule has 31 heavy (non-hydrogen) atoms. The Labute approximate surface area is 190 Å². The molecule has 2 aromatic rings. The van der Waals surface area contributed by atoms with E-state index < -0.39 is 5.97 Å². The Bertz CT molecular complexity index is 991. The van der Waals surface area contributed by atoms with Crippen LogP contribution in [-0.4, -0.2) is 67.4 Å². The molecule has 0 atom stereocenters. The van der Waals surface area contributed by atoms with Crippen molar-refractivity contribution in [2.45, 2.75) is 20.3 Å². The number of thiophene rings is 1. The minimum Gasteiger partial charge on any atom is -0.465 e. The number of nitrogens with zero attached hydrogens (tertiary/aromatic N) is 2. The van der Waals surface area contributed by atoms with Gasteiger partial charge in [-0.15, -0.1) is 11.3 Å². The number of hydrogen-bond acceptors (Lipinski definition) is 6. The smallest absolute Gasteiger partial charge is 0.341 e. The fourth-order valence-corrected chi connectivity index (χ4v) is 4.85. The molecule has 1 fully saturated rings. The van der Waals surface area contributed by atoms with Crippen molar-refractivity contribution in [1.29, 1.82) is 0 Å². The molecule has 0 bridgehead atoms. The molecule has 7 nitrogen and oxygen atoms in total. The Morgan fingerprint density at radius 1 is 1.13 bits per heavy atom. The summed E-state index contributed by atoms with van der Waals surface area (Å²) < 4.78 is 4.86. The zero-order chi connectivity index (χ0) is 22.5. The molecule has 3 rings (SSSR count). The van der Waals surface area contributed by atoms with Crippen LogP contribution in [0, 0.1) is 13.8 Å². The Morgan fingerprint density at radius 3 is 2.58 bits per heavy atom. The van der Waals surface area contributed by atoms with Crippen molar-refractivity contribution in [3.8, 4) is 0 Å². The van der Waals surface area contributed by atoms with E-state index in [1.165, 1.54) is 18.4 Å². The third kappa shape index (κ3) is 5.44. The molecule has 1 saturated heterocycles. The van der Waals surface area contributed by atoms with Crippen LogP contribution in [0.15, 0.2) is 24.3 Å². The number of rotatable bonds is 5. The van der Waals surface area contributed by atoms with E-state index in [2.05, 4.69) is 5.32 Å². The zero-order valence-electron chi connectivity index (χ0n) is 17.9. The summed E-state index contributed by atoms with van der Waals surface area (Å²) >= 11 is 7.53. The quantitative estimate of drug-likeness (QED) is 0.685. The monoisotopic (exact) mass is 463 g/mol. The number of carbonyl (C=O) groups is 3. The van der Waals surface area contributed by atoms with E-state index in [1.807, 2.05) is 18.7 Å². The summed E-state index contributed by atoms with van der Waals surface area (Å²) in [5.74, 6) is -0.748. The molecule has 0 saturated carbocycles. The largest absolute Gasteiger partial charge is 0.465 e. The number of amides is 2. The van der Waals surface area contributed by atoms with Gasteiger partial charge in [-0.2, -0.15) is 0 Å². The van der Waals surface area contributed by atoms with Crippen LogP contribution in [0.3, 0.4) is 0 Å². The lowest BCUT2D eigenvalue weighted by Gasteiger charge is -2.22. The first-order chi connectivity index (χ1) is 14.8. The van der Waals surface area contributed by atoms with Crippen LogP contribution < -0.4 is 5.32 Å². The Balaban J connectivity index is 1.60. The SMILES string of the molecule is COC(=O)c1c(NC(=O)CN2CCCN(C(=O)c3ccccc3Cl)CC2)sc(C)c1C. The van der Waals surface area contributed by atoms with Gasteiger partial charge < -0.3 is 15.0 Å². The molecule has 1 aliphatic heterocycles. The number of nitrogens with one attached hydrogen (secondary N) is 1. The number of halogens is 1. The maximum Gasteiger partial charge on any atom is 0.341 e. The molecule has 166 valence electrons. The highest BCUT2D eigenvalue weighted by Crippen LogP contribution is 2.33. The van der Waals surface area contributed by atoms with Crippen LogP contribution in [0.2, 0.25) is 5.02 Å². The summed E-state index contributed by atoms with van der Waals surface area (Å²) in [7, 11) is 1.33. The van der Waals surface area contributed by atoms with Gasteiger partial charge in [-0.3, -0.25) is 14.5 Å². The molecule has 2 amide bonds. The van der Waals surface area contributed by atoms with Crippen molar-refractivity contribution < 1.29 is 19.1 Å². The normalized spacial score (nSPS) is 14.8. The number of carbonyl (C=O) groups excluding carboxylic acids is 3. The number of aryl methyl sites for hydroxylation is 1. The van der Waals surface area contributed by atoms with Crippen LogP contribution in [0.1, 0.15) is 37.6 Å². The number of esters is 1. The fourth-order valence-electron chi connectivity index (χ4n) is 3.57. The lowest BCUT2D eigenvalue weighted by atomic mass is 10.1. The average Bonchev–Trinajstić information content (AvgIpc) is 2.90. The number of methoxy groups -OCH3 is 1. The predicted molar refractivity (Wildman–Crippen MR) is 122 cm³/mol. The molecular formula is C22H26ClN3O4S. The number of ether oxygens (including phenoxy) is 1. The minimum absolute atomic E-state index is 0.0934. The molecule has 0 aliphatic carbocycles. The first-order valence-electron chi connectivity index (χ1n) is 10.1. The number of hydrogen-bond donors (Lipinski definition) is 1. The summed E-state index contributed by atoms with van der Waals surface area (Å²) in [6.07, 6.45) is 0.758. The maximum absolute atomic E-state index is 12.8. The fraction of sp³-hybridized carbons (Fsp3) is 0.409. The molecule has 0 radical (unpaired) electrons. The van der Waals surface area contributed by atoms with Gasteiger partial charge in [-0.25, -0.2) is 4.79 Å². The van der Waals surface area contributed by atoms with Crippen molar-refractivity contribution in [3.63, 3.8) is 0 Å². The van der Waals surface area contributed by atoms with Gasteiger partial charge in [0, 0.05) is 31.1 Å². The Hall–Kier alpha value is -2.42. The van der Waals surface area contributed by atoms with Gasteiger partial charge in [-0.1, -0.05) is 23.7 Å². The van der Waals surface area contributed by atoms with Gasteiger partial charge in [0.15, 0.2) is 0 Å². The van der Waals surface area contributed by atoms with Crippen molar-refractivity contribution in [2.24, 2.45) is 0 Å². The van der Waals surface area contributed by atoms with Gasteiger partial charge in [0.05, 0.1) is 29.8 Å². The van der Waals surface area contributed by atoms with Crippen LogP contribution in [0.4, 0.5) is 5.00 Å². The van der Waals surface area contributed by atoms with Gasteiger partial charge >= 0.3 is 5.97 Å². The highest BCUT2D eigenvalue weighted by molar-refractivity contribution is 7.16. The highest BCUT2D eigenvalue weighted by Gasteiger charge is 2.25. The second-order valence-electron chi connectivity index (χ2n) is 7.43. The molecular weight excluding hydrogens is 438 g/mol. The molecule has 2 heterocycles. The molecule has 1 aromatic heterocycles. The average molecular weight is 464 g/mol. The zero-order valence-corrected chi connectivity index (χ0v) is 19.4. The summed E-state index contributed by atoms with van der Waals surface area (Å²) in [6.45, 7) is 6.33. The van der Waals surface area contributed by atoms with Crippen LogP contribution >= 0.6 is 22.9 Å². The van der Waals surface area contributed by atoms with Crippen molar-refractivity contribution in [1.82, 2.24) is 9.80 Å². The van der Waals surface area contributed by atoms with E-state index in [4.69, 9.17) is 16.3 Å². The third-order valence-electron chi connectivity index (χ3n) is 5.37. The van der Waals surface area contributed by atoms with Gasteiger partial charge in [0.25, 0.3) is 5.91 Å². The summed E-state index contributed by atoms with van der Waals surface area (Å²) in [5, 5.41) is 3.81. The Morgan fingerprint density at radius 2 is 1.87 bits per heavy atom. The summed E-state index contributed by atoms with van der Waals surface area (Å²) in [6, 6.07) is 7.03. The maximum atomic E-state index is 12.8. The second-order valence-corrected chi connectivity index (χ2v) is 9.06. The van der Waals surface area contributed by atoms with E-state index in [1.54, 1.807) is 29.2 Å². The molecule has 1 N–H and O–H groups in total. The first-order valence-corrected chi connectivity index (χ1v) is 11.3. The van der Waals surface area contributed by atoms with E-state index in [-0.39, 0.29) is 18.4 Å². The van der Waals surface area contributed by atoms with Gasteiger partial charge in [0.1, 0.15) is 5.00 Å². The number of anilines is 1. The topological polar surface area (TPSA) is 79.0 Å². The number of benzene rings is 1. The summed E-state index contributed by atoms with van der Waals surface area (Å²) in [4.78, 5) is 42.3. The highest BCUT2D eigenvalue weighted by atomic mass is 35.5. The van der Waals surface area contributed by atoms with Crippen LogP contribution in [-0.2, 0) is 9.53 Å². The van der Waals surface area contributed by atoms with Crippen LogP contribution in [0.5, 0.6) is 0 Å². The summed E-state index contributed by atoms with van der Waals surface area (Å²) in [5.41, 5.74) is 1.72. The van der Waals surface area contributed by atoms with E-state index in [9.17, 15) is 14.4 Å². The minimum atomic E-state index is -0.458. The molecule has 1 aliphatic rings. The standard InChI is InChI=1S/C22H26ClN3O4S/c1-14-15(2)31-20(19(14)22(29)30-3)24-18(27)13-25-9-6-10-26(12-11-25)21(28)16-7-4-5-8-17(16)23/h4-5,7-8H,6,9-13H2,1-3H3,(H,24,27). The third-order valence-corrected chi connectivity index (χ3v) is 6.83. The molecule has 1 aromatic carbocycles.